The lowest BCUT2D eigenvalue weighted by Crippen LogP contribution is -2.17. The lowest BCUT2D eigenvalue weighted by atomic mass is 10.0. The molecule has 0 aliphatic rings. The van der Waals surface area contributed by atoms with Gasteiger partial charge in [0.05, 0.1) is 0 Å². The number of halogens is 1. The van der Waals surface area contributed by atoms with Crippen LogP contribution in [0, 0.1) is 11.7 Å². The van der Waals surface area contributed by atoms with E-state index in [1.165, 1.54) is 6.07 Å². The van der Waals surface area contributed by atoms with Gasteiger partial charge in [0.25, 0.3) is 0 Å². The van der Waals surface area contributed by atoms with Gasteiger partial charge < -0.3 is 10.4 Å². The van der Waals surface area contributed by atoms with Crippen molar-refractivity contribution < 1.29 is 9.50 Å². The molecule has 1 rings (SSSR count). The average Bonchev–Trinajstić information content (AvgIpc) is 2.28. The molecule has 90 valence electrons. The van der Waals surface area contributed by atoms with Crippen LogP contribution in [0.4, 0.5) is 10.2 Å². The van der Waals surface area contributed by atoms with Crippen molar-refractivity contribution >= 4 is 5.82 Å². The maximum atomic E-state index is 13.2. The van der Waals surface area contributed by atoms with Crippen LogP contribution >= 0.6 is 0 Å². The number of rotatable bonds is 7. The van der Waals surface area contributed by atoms with Gasteiger partial charge in [-0.25, -0.2) is 9.37 Å². The van der Waals surface area contributed by atoms with Crippen molar-refractivity contribution in [3.63, 3.8) is 0 Å². The second kappa shape index (κ2) is 7.17. The van der Waals surface area contributed by atoms with E-state index in [0.29, 0.717) is 18.3 Å². The molecule has 1 aromatic heterocycles. The van der Waals surface area contributed by atoms with Crippen molar-refractivity contribution in [2.45, 2.75) is 26.2 Å². The molecular formula is C12H19FN2O. The second-order valence-electron chi connectivity index (χ2n) is 3.88. The summed E-state index contributed by atoms with van der Waals surface area (Å²) >= 11 is 0. The van der Waals surface area contributed by atoms with E-state index < -0.39 is 0 Å². The van der Waals surface area contributed by atoms with Crippen molar-refractivity contribution in [3.05, 3.63) is 24.1 Å². The SMILES string of the molecule is CCCC(CCO)CNc1ncccc1F. The summed E-state index contributed by atoms with van der Waals surface area (Å²) in [7, 11) is 0. The molecule has 0 aliphatic carbocycles. The molecule has 16 heavy (non-hydrogen) atoms. The highest BCUT2D eigenvalue weighted by molar-refractivity contribution is 5.35. The van der Waals surface area contributed by atoms with Crippen LogP contribution in [0.25, 0.3) is 0 Å². The number of anilines is 1. The monoisotopic (exact) mass is 226 g/mol. The summed E-state index contributed by atoms with van der Waals surface area (Å²) < 4.78 is 13.2. The van der Waals surface area contributed by atoms with Crippen LogP contribution in [0.2, 0.25) is 0 Å². The number of nitrogens with one attached hydrogen (secondary N) is 1. The number of pyridine rings is 1. The average molecular weight is 226 g/mol. The molecule has 0 amide bonds. The summed E-state index contributed by atoms with van der Waals surface area (Å²) in [6, 6.07) is 2.95. The minimum Gasteiger partial charge on any atom is -0.396 e. The molecule has 1 unspecified atom stereocenters. The van der Waals surface area contributed by atoms with E-state index in [4.69, 9.17) is 5.11 Å². The third kappa shape index (κ3) is 4.14. The predicted molar refractivity (Wildman–Crippen MR) is 62.8 cm³/mol. The van der Waals surface area contributed by atoms with Crippen LogP contribution < -0.4 is 5.32 Å². The Kier molecular flexibility index (Phi) is 5.78. The Balaban J connectivity index is 2.45. The summed E-state index contributed by atoms with van der Waals surface area (Å²) in [5.41, 5.74) is 0. The number of hydrogen-bond acceptors (Lipinski definition) is 3. The minimum absolute atomic E-state index is 0.178. The Morgan fingerprint density at radius 1 is 1.50 bits per heavy atom. The first-order valence-corrected chi connectivity index (χ1v) is 5.73. The van der Waals surface area contributed by atoms with Gasteiger partial charge in [0, 0.05) is 19.3 Å². The Labute approximate surface area is 95.7 Å². The van der Waals surface area contributed by atoms with E-state index in [-0.39, 0.29) is 12.4 Å². The van der Waals surface area contributed by atoms with Gasteiger partial charge in [-0.05, 0) is 30.9 Å². The standard InChI is InChI=1S/C12H19FN2O/c1-2-4-10(6-8-16)9-15-12-11(13)5-3-7-14-12/h3,5,7,10,16H,2,4,6,8-9H2,1H3,(H,14,15). The topological polar surface area (TPSA) is 45.1 Å². The van der Waals surface area contributed by atoms with Crippen molar-refractivity contribution in [3.8, 4) is 0 Å². The van der Waals surface area contributed by atoms with Crippen LogP contribution in [-0.4, -0.2) is 23.2 Å². The van der Waals surface area contributed by atoms with Crippen LogP contribution in [0.15, 0.2) is 18.3 Å². The van der Waals surface area contributed by atoms with E-state index in [0.717, 1.165) is 19.3 Å². The van der Waals surface area contributed by atoms with E-state index >= 15 is 0 Å². The Morgan fingerprint density at radius 3 is 2.94 bits per heavy atom. The summed E-state index contributed by atoms with van der Waals surface area (Å²) in [6.45, 7) is 2.94. The van der Waals surface area contributed by atoms with Gasteiger partial charge in [0.1, 0.15) is 0 Å². The van der Waals surface area contributed by atoms with Gasteiger partial charge in [-0.3, -0.25) is 0 Å². The zero-order chi connectivity index (χ0) is 11.8. The van der Waals surface area contributed by atoms with Crippen molar-refractivity contribution in [2.24, 2.45) is 5.92 Å². The predicted octanol–water partition coefficient (Wildman–Crippen LogP) is 2.43. The number of nitrogens with zero attached hydrogens (tertiary/aromatic N) is 1. The third-order valence-electron chi connectivity index (χ3n) is 2.55. The molecule has 1 atom stereocenters. The van der Waals surface area contributed by atoms with Crippen molar-refractivity contribution in [2.75, 3.05) is 18.5 Å². The van der Waals surface area contributed by atoms with Gasteiger partial charge in [0.15, 0.2) is 11.6 Å². The molecule has 4 heteroatoms. The molecule has 0 saturated carbocycles. The Morgan fingerprint density at radius 2 is 2.31 bits per heavy atom. The molecule has 0 bridgehead atoms. The summed E-state index contributed by atoms with van der Waals surface area (Å²) in [6.07, 6.45) is 4.40. The highest BCUT2D eigenvalue weighted by Gasteiger charge is 2.08. The fourth-order valence-corrected chi connectivity index (χ4v) is 1.70. The number of aliphatic hydroxyl groups is 1. The molecule has 0 spiro atoms. The second-order valence-corrected chi connectivity index (χ2v) is 3.88. The highest BCUT2D eigenvalue weighted by atomic mass is 19.1. The largest absolute Gasteiger partial charge is 0.396 e. The molecule has 0 saturated heterocycles. The molecule has 0 fully saturated rings. The van der Waals surface area contributed by atoms with Crippen LogP contribution in [0.1, 0.15) is 26.2 Å². The number of aliphatic hydroxyl groups excluding tert-OH is 1. The zero-order valence-corrected chi connectivity index (χ0v) is 9.62. The van der Waals surface area contributed by atoms with Gasteiger partial charge >= 0.3 is 0 Å². The highest BCUT2D eigenvalue weighted by Crippen LogP contribution is 2.14. The fraction of sp³-hybridized carbons (Fsp3) is 0.583. The van der Waals surface area contributed by atoms with Crippen LogP contribution in [0.3, 0.4) is 0 Å². The first-order chi connectivity index (χ1) is 7.77. The lowest BCUT2D eigenvalue weighted by Gasteiger charge is -2.16. The molecule has 3 nitrogen and oxygen atoms in total. The molecular weight excluding hydrogens is 207 g/mol. The molecule has 0 radical (unpaired) electrons. The lowest BCUT2D eigenvalue weighted by molar-refractivity contribution is 0.255. The Hall–Kier alpha value is -1.16. The Bertz CT molecular complexity index is 301. The van der Waals surface area contributed by atoms with Gasteiger partial charge in [-0.15, -0.1) is 0 Å². The van der Waals surface area contributed by atoms with Crippen LogP contribution in [-0.2, 0) is 0 Å². The fourth-order valence-electron chi connectivity index (χ4n) is 1.70. The molecule has 0 aromatic carbocycles. The van der Waals surface area contributed by atoms with Gasteiger partial charge in [0.2, 0.25) is 0 Å². The summed E-state index contributed by atoms with van der Waals surface area (Å²) in [4.78, 5) is 3.92. The van der Waals surface area contributed by atoms with E-state index in [2.05, 4.69) is 17.2 Å². The first-order valence-electron chi connectivity index (χ1n) is 5.73. The molecule has 0 aliphatic heterocycles. The number of aromatic nitrogens is 1. The summed E-state index contributed by atoms with van der Waals surface area (Å²) in [5.74, 6) is 0.333. The van der Waals surface area contributed by atoms with Gasteiger partial charge in [-0.2, -0.15) is 0 Å². The first kappa shape index (κ1) is 12.9. The third-order valence-corrected chi connectivity index (χ3v) is 2.55. The zero-order valence-electron chi connectivity index (χ0n) is 9.62. The van der Waals surface area contributed by atoms with Gasteiger partial charge in [-0.1, -0.05) is 13.3 Å². The van der Waals surface area contributed by atoms with Crippen molar-refractivity contribution in [1.82, 2.24) is 4.98 Å². The smallest absolute Gasteiger partial charge is 0.165 e. The van der Waals surface area contributed by atoms with E-state index in [1.54, 1.807) is 12.3 Å². The molecule has 1 heterocycles. The quantitative estimate of drug-likeness (QED) is 0.750. The van der Waals surface area contributed by atoms with E-state index in [1.807, 2.05) is 0 Å². The normalized spacial score (nSPS) is 12.4. The maximum absolute atomic E-state index is 13.2. The summed E-state index contributed by atoms with van der Waals surface area (Å²) in [5, 5.41) is 11.9. The molecule has 2 N–H and O–H groups in total. The van der Waals surface area contributed by atoms with Crippen LogP contribution in [0.5, 0.6) is 0 Å². The van der Waals surface area contributed by atoms with E-state index in [9.17, 15) is 4.39 Å². The molecule has 1 aromatic rings. The minimum atomic E-state index is -0.332. The number of hydrogen-bond donors (Lipinski definition) is 2. The van der Waals surface area contributed by atoms with Crippen molar-refractivity contribution in [1.29, 1.82) is 0 Å². The maximum Gasteiger partial charge on any atom is 0.165 e.